The predicted octanol–water partition coefficient (Wildman–Crippen LogP) is 4.30. The molecule has 44 heavy (non-hydrogen) atoms. The number of nitrogens with zero attached hydrogens (tertiary/aromatic N) is 1. The molecule has 0 heterocycles. The fourth-order valence-electron chi connectivity index (χ4n) is 5.51. The number of alkyl carbamates (subject to hydrolysis) is 1. The highest BCUT2D eigenvalue weighted by Gasteiger charge is 2.45. The molecule has 3 amide bonds. The minimum Gasteiger partial charge on any atom is -0.453 e. The number of aliphatic hydroxyl groups excluding tert-OH is 1. The number of carbonyl (C=O) groups is 3. The molecule has 0 saturated heterocycles. The van der Waals surface area contributed by atoms with Crippen molar-refractivity contribution in [2.75, 3.05) is 13.7 Å². The standard InChI is InChI=1S/C34H40BrN3O6/c1-33(2,3)29(37-32(42)44-4)30(40)38(20-23-14-16-25(35)17-15-23)21-34(43,19-22-10-6-5-7-11-22)31(41)36-28-26-13-9-8-12-24(26)18-27(28)39/h5-17,27-29,39,43H,18-21H2,1-4H3,(H,36,41)(H,37,42)/t27-,28+,29-,34+/m1/s1. The van der Waals surface area contributed by atoms with Crippen molar-refractivity contribution in [1.29, 1.82) is 0 Å². The molecule has 9 nitrogen and oxygen atoms in total. The number of halogens is 1. The van der Waals surface area contributed by atoms with Crippen LogP contribution in [0.3, 0.4) is 0 Å². The van der Waals surface area contributed by atoms with Crippen LogP contribution in [0.1, 0.15) is 49.1 Å². The lowest BCUT2D eigenvalue weighted by Gasteiger charge is -2.39. The molecular formula is C34H40BrN3O6. The second-order valence-electron chi connectivity index (χ2n) is 12.4. The van der Waals surface area contributed by atoms with Crippen molar-refractivity contribution in [1.82, 2.24) is 15.5 Å². The van der Waals surface area contributed by atoms with E-state index in [9.17, 15) is 24.6 Å². The molecule has 1 aliphatic rings. The van der Waals surface area contributed by atoms with E-state index in [-0.39, 0.29) is 19.5 Å². The second kappa shape index (κ2) is 13.9. The third-order valence-corrected chi connectivity index (χ3v) is 8.39. The quantitative estimate of drug-likeness (QED) is 0.256. The highest BCUT2D eigenvalue weighted by molar-refractivity contribution is 9.10. The van der Waals surface area contributed by atoms with Gasteiger partial charge in [0.15, 0.2) is 5.60 Å². The Hall–Kier alpha value is -3.73. The second-order valence-corrected chi connectivity index (χ2v) is 13.3. The van der Waals surface area contributed by atoms with Gasteiger partial charge in [0.05, 0.1) is 25.8 Å². The molecule has 3 aromatic carbocycles. The molecule has 4 atom stereocenters. The number of fused-ring (bicyclic) bond motifs is 1. The van der Waals surface area contributed by atoms with E-state index < -0.39 is 47.1 Å². The van der Waals surface area contributed by atoms with Crippen LogP contribution in [-0.4, -0.2) is 64.4 Å². The zero-order chi connectivity index (χ0) is 32.1. The number of ether oxygens (including phenoxy) is 1. The summed E-state index contributed by atoms with van der Waals surface area (Å²) in [5.74, 6) is -1.21. The summed E-state index contributed by atoms with van der Waals surface area (Å²) in [6.07, 6.45) is -1.36. The van der Waals surface area contributed by atoms with Gasteiger partial charge in [-0.05, 0) is 39.8 Å². The Morgan fingerprint density at radius 3 is 2.25 bits per heavy atom. The van der Waals surface area contributed by atoms with Crippen molar-refractivity contribution in [3.63, 3.8) is 0 Å². The summed E-state index contributed by atoms with van der Waals surface area (Å²) in [6, 6.07) is 22.1. The van der Waals surface area contributed by atoms with Crippen molar-refractivity contribution in [3.8, 4) is 0 Å². The van der Waals surface area contributed by atoms with Crippen molar-refractivity contribution in [3.05, 3.63) is 106 Å². The average molecular weight is 667 g/mol. The molecule has 10 heteroatoms. The fourth-order valence-corrected chi connectivity index (χ4v) is 5.78. The summed E-state index contributed by atoms with van der Waals surface area (Å²) >= 11 is 3.43. The highest BCUT2D eigenvalue weighted by atomic mass is 79.9. The molecule has 0 aliphatic heterocycles. The lowest BCUT2D eigenvalue weighted by Crippen LogP contribution is -2.61. The molecule has 0 unspecified atom stereocenters. The topological polar surface area (TPSA) is 128 Å². The van der Waals surface area contributed by atoms with Crippen LogP contribution in [0.25, 0.3) is 0 Å². The van der Waals surface area contributed by atoms with E-state index in [1.807, 2.05) is 87.5 Å². The Balaban J connectivity index is 1.73. The number of aliphatic hydroxyl groups is 2. The van der Waals surface area contributed by atoms with Gasteiger partial charge >= 0.3 is 6.09 Å². The number of rotatable bonds is 10. The first kappa shape index (κ1) is 33.2. The summed E-state index contributed by atoms with van der Waals surface area (Å²) in [6.45, 7) is 5.10. The minimum absolute atomic E-state index is 0.0564. The maximum absolute atomic E-state index is 14.3. The van der Waals surface area contributed by atoms with Crippen LogP contribution in [0, 0.1) is 5.41 Å². The first-order chi connectivity index (χ1) is 20.8. The minimum atomic E-state index is -2.10. The van der Waals surface area contributed by atoms with Crippen LogP contribution >= 0.6 is 15.9 Å². The van der Waals surface area contributed by atoms with Crippen molar-refractivity contribution in [2.45, 2.75) is 63.9 Å². The maximum Gasteiger partial charge on any atom is 0.407 e. The van der Waals surface area contributed by atoms with Gasteiger partial charge in [0.2, 0.25) is 5.91 Å². The summed E-state index contributed by atoms with van der Waals surface area (Å²) in [5.41, 5.74) is 0.320. The Morgan fingerprint density at radius 1 is 0.977 bits per heavy atom. The molecule has 4 N–H and O–H groups in total. The number of amides is 3. The SMILES string of the molecule is COC(=O)N[C@H](C(=O)N(Cc1ccc(Br)cc1)C[C@@](O)(Cc1ccccc1)C(=O)N[C@H]1c2ccccc2C[C@H]1O)C(C)(C)C. The van der Waals surface area contributed by atoms with E-state index in [0.29, 0.717) is 12.0 Å². The summed E-state index contributed by atoms with van der Waals surface area (Å²) in [4.78, 5) is 42.1. The first-order valence-corrected chi connectivity index (χ1v) is 15.3. The van der Waals surface area contributed by atoms with Crippen molar-refractivity contribution in [2.24, 2.45) is 5.41 Å². The monoisotopic (exact) mass is 665 g/mol. The van der Waals surface area contributed by atoms with E-state index >= 15 is 0 Å². The van der Waals surface area contributed by atoms with Gasteiger partial charge in [0, 0.05) is 23.9 Å². The Bertz CT molecular complexity index is 1460. The molecule has 0 bridgehead atoms. The molecule has 234 valence electrons. The van der Waals surface area contributed by atoms with Crippen LogP contribution in [0.15, 0.2) is 83.3 Å². The number of benzene rings is 3. The van der Waals surface area contributed by atoms with E-state index in [4.69, 9.17) is 4.74 Å². The van der Waals surface area contributed by atoms with Crippen LogP contribution in [0.2, 0.25) is 0 Å². The van der Waals surface area contributed by atoms with Crippen molar-refractivity contribution >= 4 is 33.8 Å². The third kappa shape index (κ3) is 8.05. The maximum atomic E-state index is 14.3. The predicted molar refractivity (Wildman–Crippen MR) is 170 cm³/mol. The highest BCUT2D eigenvalue weighted by Crippen LogP contribution is 2.32. The van der Waals surface area contributed by atoms with E-state index in [1.54, 1.807) is 12.1 Å². The zero-order valence-electron chi connectivity index (χ0n) is 25.4. The molecule has 0 spiro atoms. The van der Waals surface area contributed by atoms with E-state index in [1.165, 1.54) is 12.0 Å². The van der Waals surface area contributed by atoms with Gasteiger partial charge in [-0.2, -0.15) is 0 Å². The third-order valence-electron chi connectivity index (χ3n) is 7.86. The molecule has 0 aromatic heterocycles. The van der Waals surface area contributed by atoms with Gasteiger partial charge in [0.25, 0.3) is 5.91 Å². The summed E-state index contributed by atoms with van der Waals surface area (Å²) in [5, 5.41) is 28.7. The molecule has 0 fully saturated rings. The zero-order valence-corrected chi connectivity index (χ0v) is 27.0. The summed E-state index contributed by atoms with van der Waals surface area (Å²) < 4.78 is 5.66. The van der Waals surface area contributed by atoms with Gasteiger partial charge in [-0.1, -0.05) is 103 Å². The number of hydrogen-bond donors (Lipinski definition) is 4. The molecular weight excluding hydrogens is 626 g/mol. The molecule has 0 saturated carbocycles. The smallest absolute Gasteiger partial charge is 0.407 e. The molecule has 3 aromatic rings. The summed E-state index contributed by atoms with van der Waals surface area (Å²) in [7, 11) is 1.22. The number of methoxy groups -OCH3 is 1. The lowest BCUT2D eigenvalue weighted by molar-refractivity contribution is -0.150. The number of nitrogens with one attached hydrogen (secondary N) is 2. The van der Waals surface area contributed by atoms with Crippen LogP contribution < -0.4 is 10.6 Å². The first-order valence-electron chi connectivity index (χ1n) is 14.5. The molecule has 1 aliphatic carbocycles. The average Bonchev–Trinajstić information content (AvgIpc) is 3.30. The number of hydrogen-bond acceptors (Lipinski definition) is 6. The van der Waals surface area contributed by atoms with Crippen LogP contribution in [0.4, 0.5) is 4.79 Å². The van der Waals surface area contributed by atoms with Gasteiger partial charge in [-0.3, -0.25) is 9.59 Å². The normalized spacial score (nSPS) is 18.0. The number of carbonyl (C=O) groups excluding carboxylic acids is 3. The Labute approximate surface area is 266 Å². The fraction of sp³-hybridized carbons (Fsp3) is 0.382. The van der Waals surface area contributed by atoms with Crippen LogP contribution in [-0.2, 0) is 33.7 Å². The Morgan fingerprint density at radius 2 is 1.61 bits per heavy atom. The molecule has 4 rings (SSSR count). The van der Waals surface area contributed by atoms with Gasteiger partial charge in [-0.25, -0.2) is 4.79 Å². The largest absolute Gasteiger partial charge is 0.453 e. The van der Waals surface area contributed by atoms with E-state index in [2.05, 4.69) is 26.6 Å². The van der Waals surface area contributed by atoms with Gasteiger partial charge in [-0.15, -0.1) is 0 Å². The Kier molecular flexibility index (Phi) is 10.5. The van der Waals surface area contributed by atoms with E-state index in [0.717, 1.165) is 21.2 Å². The lowest BCUT2D eigenvalue weighted by atomic mass is 9.85. The van der Waals surface area contributed by atoms with Crippen molar-refractivity contribution < 1.29 is 29.3 Å². The van der Waals surface area contributed by atoms with Gasteiger partial charge in [0.1, 0.15) is 6.04 Å². The van der Waals surface area contributed by atoms with Gasteiger partial charge < -0.3 is 30.5 Å². The molecule has 0 radical (unpaired) electrons. The van der Waals surface area contributed by atoms with Crippen LogP contribution in [0.5, 0.6) is 0 Å².